The molecular weight excluding hydrogens is 290 g/mol. The van der Waals surface area contributed by atoms with Crippen LogP contribution >= 0.6 is 0 Å². The molecule has 0 aliphatic rings. The summed E-state index contributed by atoms with van der Waals surface area (Å²) in [5.74, 6) is 0. The van der Waals surface area contributed by atoms with Crippen LogP contribution in [0.5, 0.6) is 0 Å². The maximum absolute atomic E-state index is 12.1. The second-order valence-corrected chi connectivity index (χ2v) is 6.20. The second kappa shape index (κ2) is 7.79. The lowest BCUT2D eigenvalue weighted by Gasteiger charge is -2.33. The zero-order chi connectivity index (χ0) is 16.7. The van der Waals surface area contributed by atoms with Gasteiger partial charge in [0, 0.05) is 5.41 Å². The number of benzene rings is 2. The van der Waals surface area contributed by atoms with Gasteiger partial charge in [0.1, 0.15) is 6.61 Å². The van der Waals surface area contributed by atoms with Gasteiger partial charge in [-0.2, -0.15) is 0 Å². The summed E-state index contributed by atoms with van der Waals surface area (Å²) in [6, 6.07) is 18.8. The maximum Gasteiger partial charge on any atom is 0.407 e. The summed E-state index contributed by atoms with van der Waals surface area (Å²) in [6.45, 7) is 3.98. The molecule has 0 fully saturated rings. The molecule has 23 heavy (non-hydrogen) atoms. The first-order valence-corrected chi connectivity index (χ1v) is 7.66. The fraction of sp³-hybridized carbons (Fsp3) is 0.316. The van der Waals surface area contributed by atoms with E-state index < -0.39 is 11.5 Å². The molecule has 0 spiro atoms. The minimum atomic E-state index is -0.507. The van der Waals surface area contributed by atoms with E-state index in [-0.39, 0.29) is 19.3 Å². The van der Waals surface area contributed by atoms with Crippen molar-refractivity contribution in [2.24, 2.45) is 5.41 Å². The zero-order valence-electron chi connectivity index (χ0n) is 13.5. The monoisotopic (exact) mass is 313 g/mol. The van der Waals surface area contributed by atoms with Crippen LogP contribution in [0.4, 0.5) is 4.79 Å². The molecule has 2 aromatic carbocycles. The van der Waals surface area contributed by atoms with E-state index in [1.165, 1.54) is 0 Å². The van der Waals surface area contributed by atoms with Crippen molar-refractivity contribution in [3.8, 4) is 0 Å². The van der Waals surface area contributed by atoms with Crippen molar-refractivity contribution in [2.45, 2.75) is 26.5 Å². The topological polar surface area (TPSA) is 58.6 Å². The Labute approximate surface area is 137 Å². The summed E-state index contributed by atoms with van der Waals surface area (Å²) < 4.78 is 5.29. The average Bonchev–Trinajstić information content (AvgIpc) is 2.59. The van der Waals surface area contributed by atoms with E-state index in [1.54, 1.807) is 0 Å². The molecule has 2 N–H and O–H groups in total. The lowest BCUT2D eigenvalue weighted by molar-refractivity contribution is 0.0951. The molecule has 0 bridgehead atoms. The highest BCUT2D eigenvalue weighted by Crippen LogP contribution is 2.32. The predicted molar refractivity (Wildman–Crippen MR) is 89.8 cm³/mol. The van der Waals surface area contributed by atoms with Crippen LogP contribution in [0.15, 0.2) is 60.7 Å². The van der Waals surface area contributed by atoms with Crippen molar-refractivity contribution in [3.05, 3.63) is 71.8 Å². The van der Waals surface area contributed by atoms with Gasteiger partial charge in [0.25, 0.3) is 0 Å². The third-order valence-corrected chi connectivity index (χ3v) is 3.80. The largest absolute Gasteiger partial charge is 0.445 e. The lowest BCUT2D eigenvalue weighted by Crippen LogP contribution is -2.40. The second-order valence-electron chi connectivity index (χ2n) is 6.20. The number of aliphatic hydroxyl groups excluding tert-OH is 1. The number of ether oxygens (including phenoxy) is 1. The Morgan fingerprint density at radius 2 is 1.65 bits per heavy atom. The van der Waals surface area contributed by atoms with E-state index in [4.69, 9.17) is 4.74 Å². The zero-order valence-corrected chi connectivity index (χ0v) is 13.5. The summed E-state index contributed by atoms with van der Waals surface area (Å²) in [5.41, 5.74) is 1.36. The molecule has 1 atom stereocenters. The van der Waals surface area contributed by atoms with Crippen molar-refractivity contribution < 1.29 is 14.6 Å². The quantitative estimate of drug-likeness (QED) is 0.855. The molecule has 0 radical (unpaired) electrons. The number of carbonyl (C=O) groups is 1. The van der Waals surface area contributed by atoms with E-state index in [1.807, 2.05) is 74.5 Å². The number of rotatable bonds is 6. The van der Waals surface area contributed by atoms with Gasteiger partial charge in [-0.25, -0.2) is 4.79 Å². The van der Waals surface area contributed by atoms with Crippen molar-refractivity contribution in [3.63, 3.8) is 0 Å². The van der Waals surface area contributed by atoms with E-state index in [2.05, 4.69) is 5.32 Å². The summed E-state index contributed by atoms with van der Waals surface area (Å²) in [6.07, 6.45) is -0.496. The molecule has 0 saturated carbocycles. The highest BCUT2D eigenvalue weighted by atomic mass is 16.5. The van der Waals surface area contributed by atoms with Crippen LogP contribution in [0, 0.1) is 5.41 Å². The standard InChI is InChI=1S/C19H23NO3/c1-19(2,14-21)17(16-11-7-4-8-12-16)20-18(22)23-13-15-9-5-3-6-10-15/h3-12,17,21H,13-14H2,1-2H3,(H,20,22). The molecule has 0 heterocycles. The van der Waals surface area contributed by atoms with Gasteiger partial charge in [0.05, 0.1) is 12.6 Å². The first-order valence-electron chi connectivity index (χ1n) is 7.66. The van der Waals surface area contributed by atoms with Crippen LogP contribution in [0.1, 0.15) is 31.0 Å². The number of nitrogens with one attached hydrogen (secondary N) is 1. The van der Waals surface area contributed by atoms with E-state index >= 15 is 0 Å². The smallest absolute Gasteiger partial charge is 0.407 e. The van der Waals surface area contributed by atoms with E-state index in [0.29, 0.717) is 0 Å². The Morgan fingerprint density at radius 3 is 2.22 bits per heavy atom. The van der Waals surface area contributed by atoms with Crippen LogP contribution in [-0.4, -0.2) is 17.8 Å². The number of aliphatic hydroxyl groups is 1. The van der Waals surface area contributed by atoms with Gasteiger partial charge in [-0.15, -0.1) is 0 Å². The summed E-state index contributed by atoms with van der Waals surface area (Å²) in [5, 5.41) is 12.5. The minimum Gasteiger partial charge on any atom is -0.445 e. The maximum atomic E-state index is 12.1. The van der Waals surface area contributed by atoms with Crippen molar-refractivity contribution in [1.29, 1.82) is 0 Å². The molecule has 1 unspecified atom stereocenters. The van der Waals surface area contributed by atoms with Gasteiger partial charge in [0.2, 0.25) is 0 Å². The van der Waals surface area contributed by atoms with Gasteiger partial charge in [0.15, 0.2) is 0 Å². The van der Waals surface area contributed by atoms with Crippen LogP contribution in [0.3, 0.4) is 0 Å². The van der Waals surface area contributed by atoms with Gasteiger partial charge >= 0.3 is 6.09 Å². The van der Waals surface area contributed by atoms with Crippen molar-refractivity contribution >= 4 is 6.09 Å². The average molecular weight is 313 g/mol. The molecule has 0 aromatic heterocycles. The van der Waals surface area contributed by atoms with Gasteiger partial charge in [-0.05, 0) is 11.1 Å². The molecule has 0 aliphatic carbocycles. The van der Waals surface area contributed by atoms with E-state index in [9.17, 15) is 9.90 Å². The molecule has 1 amide bonds. The number of carbonyl (C=O) groups excluding carboxylic acids is 1. The number of hydrogen-bond donors (Lipinski definition) is 2. The molecule has 2 rings (SSSR count). The molecule has 0 saturated heterocycles. The molecule has 2 aromatic rings. The van der Waals surface area contributed by atoms with Crippen molar-refractivity contribution in [2.75, 3.05) is 6.61 Å². The SMILES string of the molecule is CC(C)(CO)C(NC(=O)OCc1ccccc1)c1ccccc1. The van der Waals surface area contributed by atoms with Crippen LogP contribution in [-0.2, 0) is 11.3 Å². The fourth-order valence-corrected chi connectivity index (χ4v) is 2.35. The third kappa shape index (κ3) is 4.83. The summed E-state index contributed by atoms with van der Waals surface area (Å²) in [7, 11) is 0. The summed E-state index contributed by atoms with van der Waals surface area (Å²) >= 11 is 0. The highest BCUT2D eigenvalue weighted by molar-refractivity contribution is 5.68. The van der Waals surface area contributed by atoms with Crippen LogP contribution < -0.4 is 5.32 Å². The van der Waals surface area contributed by atoms with Gasteiger partial charge < -0.3 is 15.2 Å². The Bertz CT molecular complexity index is 611. The Kier molecular flexibility index (Phi) is 5.77. The van der Waals surface area contributed by atoms with E-state index in [0.717, 1.165) is 11.1 Å². The summed E-state index contributed by atoms with van der Waals surface area (Å²) in [4.78, 5) is 12.1. The normalized spacial score (nSPS) is 12.5. The molecule has 4 heteroatoms. The number of hydrogen-bond acceptors (Lipinski definition) is 3. The van der Waals surface area contributed by atoms with Crippen LogP contribution in [0.25, 0.3) is 0 Å². The Hall–Kier alpha value is -2.33. The lowest BCUT2D eigenvalue weighted by atomic mass is 9.81. The first-order chi connectivity index (χ1) is 11.0. The highest BCUT2D eigenvalue weighted by Gasteiger charge is 2.32. The minimum absolute atomic E-state index is 0.0501. The van der Waals surface area contributed by atoms with Gasteiger partial charge in [-0.1, -0.05) is 74.5 Å². The Morgan fingerprint density at radius 1 is 1.09 bits per heavy atom. The first kappa shape index (κ1) is 17.0. The molecule has 122 valence electrons. The van der Waals surface area contributed by atoms with Crippen LogP contribution in [0.2, 0.25) is 0 Å². The third-order valence-electron chi connectivity index (χ3n) is 3.80. The molecule has 4 nitrogen and oxygen atoms in total. The number of alkyl carbamates (subject to hydrolysis) is 1. The number of amides is 1. The van der Waals surface area contributed by atoms with Crippen molar-refractivity contribution in [1.82, 2.24) is 5.32 Å². The fourth-order valence-electron chi connectivity index (χ4n) is 2.35. The predicted octanol–water partition coefficient (Wildman–Crippen LogP) is 3.67. The van der Waals surface area contributed by atoms with Gasteiger partial charge in [-0.3, -0.25) is 0 Å². The Balaban J connectivity index is 2.04. The molecular formula is C19H23NO3. The molecule has 0 aliphatic heterocycles.